The molecule has 0 N–H and O–H groups in total. The molecule has 198 valence electrons. The maximum Gasteiger partial charge on any atom is 0.252 e. The lowest BCUT2D eigenvalue weighted by Gasteiger charge is -2.30. The molecule has 1 aromatic carbocycles. The lowest BCUT2D eigenvalue weighted by Crippen LogP contribution is -2.41. The van der Waals surface area contributed by atoms with E-state index in [1.54, 1.807) is 4.90 Å². The molecule has 0 fully saturated rings. The lowest BCUT2D eigenvalue weighted by atomic mass is 10.1. The van der Waals surface area contributed by atoms with Gasteiger partial charge in [-0.25, -0.2) is 0 Å². The van der Waals surface area contributed by atoms with Crippen LogP contribution < -0.4 is 4.90 Å². The van der Waals surface area contributed by atoms with Gasteiger partial charge in [-0.05, 0) is 63.8 Å². The molecule has 9 heteroatoms. The summed E-state index contributed by atoms with van der Waals surface area (Å²) in [6.07, 6.45) is 1.87. The number of amides is 2. The van der Waals surface area contributed by atoms with Crippen molar-refractivity contribution in [3.05, 3.63) is 45.7 Å². The van der Waals surface area contributed by atoms with Gasteiger partial charge in [0.1, 0.15) is 6.61 Å². The van der Waals surface area contributed by atoms with E-state index in [4.69, 9.17) is 16.3 Å². The molecule has 0 saturated carbocycles. The van der Waals surface area contributed by atoms with Gasteiger partial charge in [-0.15, -0.1) is 0 Å². The van der Waals surface area contributed by atoms with Crippen molar-refractivity contribution in [1.82, 2.24) is 19.6 Å². The fourth-order valence-corrected chi connectivity index (χ4v) is 5.05. The number of anilines is 1. The minimum Gasteiger partial charge on any atom is -0.375 e. The predicted octanol–water partition coefficient (Wildman–Crippen LogP) is 3.75. The summed E-state index contributed by atoms with van der Waals surface area (Å²) >= 11 is 6.37. The first-order chi connectivity index (χ1) is 17.1. The van der Waals surface area contributed by atoms with Crippen molar-refractivity contribution in [2.75, 3.05) is 44.8 Å². The van der Waals surface area contributed by atoms with Gasteiger partial charge < -0.3 is 14.5 Å². The van der Waals surface area contributed by atoms with E-state index in [2.05, 4.69) is 23.8 Å². The molecule has 0 bridgehead atoms. The molecule has 2 heterocycles. The number of carbonyl (C=O) groups is 2. The number of aromatic nitrogens is 2. The number of rotatable bonds is 6. The Morgan fingerprint density at radius 3 is 2.50 bits per heavy atom. The molecule has 0 aliphatic carbocycles. The van der Waals surface area contributed by atoms with Crippen LogP contribution in [0.25, 0.3) is 0 Å². The molecule has 0 radical (unpaired) electrons. The average Bonchev–Trinajstić information content (AvgIpc) is 3.05. The molecule has 1 aromatic heterocycles. The first-order valence-electron chi connectivity index (χ1n) is 12.7. The third kappa shape index (κ3) is 6.87. The van der Waals surface area contributed by atoms with Crippen LogP contribution in [0.2, 0.25) is 5.02 Å². The Kier molecular flexibility index (Phi) is 9.93. The fourth-order valence-electron chi connectivity index (χ4n) is 4.88. The summed E-state index contributed by atoms with van der Waals surface area (Å²) in [6, 6.07) is 5.92. The van der Waals surface area contributed by atoms with Crippen LogP contribution in [-0.2, 0) is 34.3 Å². The van der Waals surface area contributed by atoms with E-state index < -0.39 is 0 Å². The number of carbonyl (C=O) groups excluding carboxylic acids is 2. The minimum atomic E-state index is -0.114. The molecule has 36 heavy (non-hydrogen) atoms. The summed E-state index contributed by atoms with van der Waals surface area (Å²) in [5, 5.41) is 5.05. The summed E-state index contributed by atoms with van der Waals surface area (Å²) in [6.45, 7) is 11.6. The van der Waals surface area contributed by atoms with E-state index in [1.807, 2.05) is 48.7 Å². The largest absolute Gasteiger partial charge is 0.375 e. The number of hydrogen-bond donors (Lipinski definition) is 0. The third-order valence-electron chi connectivity index (χ3n) is 7.08. The molecule has 2 aromatic rings. The van der Waals surface area contributed by atoms with Crippen LogP contribution in [0.15, 0.2) is 18.2 Å². The quantitative estimate of drug-likeness (QED) is 0.583. The molecule has 1 aliphatic rings. The topological polar surface area (TPSA) is 70.9 Å². The van der Waals surface area contributed by atoms with Gasteiger partial charge in [0.05, 0.1) is 11.4 Å². The fraction of sp³-hybridized carbons (Fsp3) is 0.593. The smallest absolute Gasteiger partial charge is 0.252 e. The highest BCUT2D eigenvalue weighted by Crippen LogP contribution is 2.28. The van der Waals surface area contributed by atoms with Gasteiger partial charge >= 0.3 is 0 Å². The van der Waals surface area contributed by atoms with E-state index in [0.717, 1.165) is 47.7 Å². The molecule has 0 atom stereocenters. The number of nitrogens with zero attached hydrogens (tertiary/aromatic N) is 5. The van der Waals surface area contributed by atoms with Crippen LogP contribution in [0.4, 0.5) is 5.69 Å². The predicted molar refractivity (Wildman–Crippen MR) is 143 cm³/mol. The van der Waals surface area contributed by atoms with Gasteiger partial charge in [0.2, 0.25) is 5.91 Å². The Bertz CT molecular complexity index is 1070. The molecule has 0 spiro atoms. The molecule has 0 saturated heterocycles. The van der Waals surface area contributed by atoms with Gasteiger partial charge in [0.15, 0.2) is 0 Å². The van der Waals surface area contributed by atoms with E-state index >= 15 is 0 Å². The molecule has 2 amide bonds. The Balaban J connectivity index is 1.92. The minimum absolute atomic E-state index is 0.00763. The average molecular weight is 518 g/mol. The zero-order valence-electron chi connectivity index (χ0n) is 22.5. The number of methoxy groups -OCH3 is 1. The molecule has 1 aliphatic heterocycles. The van der Waals surface area contributed by atoms with Crippen LogP contribution in [-0.4, -0.2) is 77.3 Å². The standard InChI is InChI=1S/C27H40ClN5O3/c1-19(2)31-12-7-13-33(27(35)18-36-6)25-16-23(28)9-8-22(25)17-32(15-14-31)26(34)11-10-24-20(3)29-30(5)21(24)4/h8-9,16,19H,7,10-15,17-18H2,1-6H3. The Hall–Kier alpha value is -2.42. The molecule has 3 rings (SSSR count). The van der Waals surface area contributed by atoms with Crippen molar-refractivity contribution in [3.63, 3.8) is 0 Å². The highest BCUT2D eigenvalue weighted by molar-refractivity contribution is 6.31. The van der Waals surface area contributed by atoms with Crippen molar-refractivity contribution in [3.8, 4) is 0 Å². The molecule has 8 nitrogen and oxygen atoms in total. The SMILES string of the molecule is COCC(=O)N1CCCN(C(C)C)CCN(C(=O)CCc2c(C)nn(C)c2C)Cc2ccc(Cl)cc21. The van der Waals surface area contributed by atoms with Crippen LogP contribution in [0, 0.1) is 13.8 Å². The third-order valence-corrected chi connectivity index (χ3v) is 7.32. The lowest BCUT2D eigenvalue weighted by molar-refractivity contribution is -0.132. The number of aryl methyl sites for hydroxylation is 2. The second kappa shape index (κ2) is 12.7. The van der Waals surface area contributed by atoms with Crippen LogP contribution in [0.3, 0.4) is 0 Å². The van der Waals surface area contributed by atoms with Gasteiger partial charge in [0.25, 0.3) is 5.91 Å². The van der Waals surface area contributed by atoms with Crippen LogP contribution >= 0.6 is 11.6 Å². The highest BCUT2D eigenvalue weighted by Gasteiger charge is 2.25. The highest BCUT2D eigenvalue weighted by atomic mass is 35.5. The van der Waals surface area contributed by atoms with Gasteiger partial charge in [-0.1, -0.05) is 17.7 Å². The van der Waals surface area contributed by atoms with E-state index in [9.17, 15) is 9.59 Å². The van der Waals surface area contributed by atoms with Gasteiger partial charge in [-0.3, -0.25) is 19.2 Å². The second-order valence-electron chi connectivity index (χ2n) is 9.82. The van der Waals surface area contributed by atoms with E-state index in [-0.39, 0.29) is 18.4 Å². The van der Waals surface area contributed by atoms with Crippen molar-refractivity contribution in [2.45, 2.75) is 59.5 Å². The van der Waals surface area contributed by atoms with E-state index in [0.29, 0.717) is 43.5 Å². The number of hydrogen-bond acceptors (Lipinski definition) is 5. The number of fused-ring (bicyclic) bond motifs is 1. The summed E-state index contributed by atoms with van der Waals surface area (Å²) in [4.78, 5) is 32.7. The van der Waals surface area contributed by atoms with Crippen LogP contribution in [0.1, 0.15) is 49.2 Å². The van der Waals surface area contributed by atoms with Gasteiger partial charge in [-0.2, -0.15) is 5.10 Å². The first kappa shape index (κ1) is 28.2. The van der Waals surface area contributed by atoms with Gasteiger partial charge in [0, 0.05) is 70.1 Å². The van der Waals surface area contributed by atoms with Crippen molar-refractivity contribution in [1.29, 1.82) is 0 Å². The van der Waals surface area contributed by atoms with Crippen molar-refractivity contribution < 1.29 is 14.3 Å². The summed E-state index contributed by atoms with van der Waals surface area (Å²) in [5.41, 5.74) is 4.86. The van der Waals surface area contributed by atoms with Crippen molar-refractivity contribution >= 4 is 29.1 Å². The number of halogens is 1. The Morgan fingerprint density at radius 2 is 1.86 bits per heavy atom. The summed E-state index contributed by atoms with van der Waals surface area (Å²) < 4.78 is 7.03. The molecular weight excluding hydrogens is 478 g/mol. The summed E-state index contributed by atoms with van der Waals surface area (Å²) in [7, 11) is 3.45. The first-order valence-corrected chi connectivity index (χ1v) is 13.1. The zero-order valence-corrected chi connectivity index (χ0v) is 23.3. The second-order valence-corrected chi connectivity index (χ2v) is 10.3. The normalized spacial score (nSPS) is 15.7. The maximum atomic E-state index is 13.6. The Labute approximate surface area is 220 Å². The monoisotopic (exact) mass is 517 g/mol. The van der Waals surface area contributed by atoms with Crippen molar-refractivity contribution in [2.24, 2.45) is 7.05 Å². The molecule has 0 unspecified atom stereocenters. The number of benzene rings is 1. The Morgan fingerprint density at radius 1 is 1.11 bits per heavy atom. The maximum absolute atomic E-state index is 13.6. The molecular formula is C27H40ClN5O3. The zero-order chi connectivity index (χ0) is 26.4. The van der Waals surface area contributed by atoms with E-state index in [1.165, 1.54) is 7.11 Å². The number of ether oxygens (including phenoxy) is 1. The van der Waals surface area contributed by atoms with Crippen LogP contribution in [0.5, 0.6) is 0 Å². The summed E-state index contributed by atoms with van der Waals surface area (Å²) in [5.74, 6) is -0.0203.